The zero-order valence-corrected chi connectivity index (χ0v) is 10.5. The van der Waals surface area contributed by atoms with Gasteiger partial charge in [-0.1, -0.05) is 11.8 Å². The molecule has 2 rings (SSSR count). The van der Waals surface area contributed by atoms with Gasteiger partial charge >= 0.3 is 0 Å². The minimum atomic E-state index is 0.160. The van der Waals surface area contributed by atoms with E-state index in [1.807, 2.05) is 6.26 Å². The van der Waals surface area contributed by atoms with E-state index in [0.717, 1.165) is 8.73 Å². The standard InChI is InChI=1S/C8H9IN2O2S/c1-14-8-10-2-6(9)7(11-8)13-5-3-12-4-5/h2,5H,3-4H2,1H3. The first-order valence-electron chi connectivity index (χ1n) is 4.10. The fourth-order valence-corrected chi connectivity index (χ4v) is 1.68. The maximum absolute atomic E-state index is 5.63. The Morgan fingerprint density at radius 1 is 1.64 bits per heavy atom. The van der Waals surface area contributed by atoms with Crippen molar-refractivity contribution >= 4 is 34.4 Å². The number of thioether (sulfide) groups is 1. The van der Waals surface area contributed by atoms with Gasteiger partial charge < -0.3 is 9.47 Å². The van der Waals surface area contributed by atoms with Crippen LogP contribution in [0, 0.1) is 3.57 Å². The van der Waals surface area contributed by atoms with E-state index < -0.39 is 0 Å². The molecule has 1 aliphatic rings. The van der Waals surface area contributed by atoms with E-state index >= 15 is 0 Å². The predicted molar refractivity (Wildman–Crippen MR) is 61.8 cm³/mol. The summed E-state index contributed by atoms with van der Waals surface area (Å²) < 4.78 is 11.6. The van der Waals surface area contributed by atoms with Crippen molar-refractivity contribution in [2.24, 2.45) is 0 Å². The molecule has 1 aliphatic heterocycles. The third kappa shape index (κ3) is 2.29. The van der Waals surface area contributed by atoms with E-state index in [1.54, 1.807) is 6.20 Å². The molecule has 0 amide bonds. The largest absolute Gasteiger partial charge is 0.469 e. The van der Waals surface area contributed by atoms with E-state index in [-0.39, 0.29) is 6.10 Å². The van der Waals surface area contributed by atoms with Gasteiger partial charge in [-0.15, -0.1) is 0 Å². The summed E-state index contributed by atoms with van der Waals surface area (Å²) in [4.78, 5) is 8.42. The molecule has 76 valence electrons. The van der Waals surface area contributed by atoms with Crippen LogP contribution < -0.4 is 4.74 Å². The summed E-state index contributed by atoms with van der Waals surface area (Å²) in [5.74, 6) is 0.665. The van der Waals surface area contributed by atoms with Crippen molar-refractivity contribution in [3.05, 3.63) is 9.77 Å². The number of halogens is 1. The van der Waals surface area contributed by atoms with Gasteiger partial charge in [-0.3, -0.25) is 0 Å². The fraction of sp³-hybridized carbons (Fsp3) is 0.500. The Balaban J connectivity index is 2.13. The SMILES string of the molecule is CSc1ncc(I)c(OC2COC2)n1. The lowest BCUT2D eigenvalue weighted by Crippen LogP contribution is -2.39. The second-order valence-corrected chi connectivity index (χ2v) is 4.72. The van der Waals surface area contributed by atoms with Gasteiger partial charge in [0.05, 0.1) is 16.8 Å². The lowest BCUT2D eigenvalue weighted by atomic mass is 10.3. The van der Waals surface area contributed by atoms with Gasteiger partial charge in [0.15, 0.2) is 5.16 Å². The first kappa shape index (κ1) is 10.4. The molecular weight excluding hydrogens is 315 g/mol. The summed E-state index contributed by atoms with van der Waals surface area (Å²) >= 11 is 3.67. The molecule has 6 heteroatoms. The zero-order chi connectivity index (χ0) is 9.97. The molecule has 1 saturated heterocycles. The average Bonchev–Trinajstić information content (AvgIpc) is 2.14. The molecule has 0 radical (unpaired) electrons. The molecule has 14 heavy (non-hydrogen) atoms. The molecule has 1 fully saturated rings. The first-order valence-corrected chi connectivity index (χ1v) is 6.41. The van der Waals surface area contributed by atoms with Crippen molar-refractivity contribution in [3.63, 3.8) is 0 Å². The average molecular weight is 324 g/mol. The highest BCUT2D eigenvalue weighted by atomic mass is 127. The number of hydrogen-bond donors (Lipinski definition) is 0. The summed E-state index contributed by atoms with van der Waals surface area (Å²) in [6.07, 6.45) is 3.88. The Morgan fingerprint density at radius 2 is 2.43 bits per heavy atom. The third-order valence-electron chi connectivity index (χ3n) is 1.76. The maximum Gasteiger partial charge on any atom is 0.231 e. The number of aromatic nitrogens is 2. The topological polar surface area (TPSA) is 44.2 Å². The third-order valence-corrected chi connectivity index (χ3v) is 3.06. The highest BCUT2D eigenvalue weighted by Crippen LogP contribution is 2.22. The van der Waals surface area contributed by atoms with Gasteiger partial charge in [-0.2, -0.15) is 4.98 Å². The van der Waals surface area contributed by atoms with Crippen molar-refractivity contribution in [2.45, 2.75) is 11.3 Å². The van der Waals surface area contributed by atoms with E-state index in [1.165, 1.54) is 11.8 Å². The van der Waals surface area contributed by atoms with Gasteiger partial charge in [0.2, 0.25) is 5.88 Å². The summed E-state index contributed by atoms with van der Waals surface area (Å²) in [7, 11) is 0. The molecular formula is C8H9IN2O2S. The molecule has 0 saturated carbocycles. The van der Waals surface area contributed by atoms with Crippen LogP contribution in [0.2, 0.25) is 0 Å². The molecule has 2 heterocycles. The molecule has 1 aromatic rings. The molecule has 4 nitrogen and oxygen atoms in total. The summed E-state index contributed by atoms with van der Waals surface area (Å²) in [6, 6.07) is 0. The molecule has 0 aromatic carbocycles. The van der Waals surface area contributed by atoms with Gasteiger partial charge in [0.1, 0.15) is 6.10 Å². The predicted octanol–water partition coefficient (Wildman–Crippen LogP) is 1.58. The number of rotatable bonds is 3. The highest BCUT2D eigenvalue weighted by Gasteiger charge is 2.22. The Bertz CT molecular complexity index is 333. The Morgan fingerprint density at radius 3 is 3.00 bits per heavy atom. The van der Waals surface area contributed by atoms with Crippen LogP contribution in [0.4, 0.5) is 0 Å². The molecule has 0 bridgehead atoms. The molecule has 1 aromatic heterocycles. The maximum atomic E-state index is 5.63. The van der Waals surface area contributed by atoms with Crippen LogP contribution in [0.25, 0.3) is 0 Å². The van der Waals surface area contributed by atoms with Crippen molar-refractivity contribution in [2.75, 3.05) is 19.5 Å². The number of nitrogens with zero attached hydrogens (tertiary/aromatic N) is 2. The fourth-order valence-electron chi connectivity index (χ4n) is 0.957. The van der Waals surface area contributed by atoms with E-state index in [4.69, 9.17) is 9.47 Å². The van der Waals surface area contributed by atoms with Crippen molar-refractivity contribution in [1.82, 2.24) is 9.97 Å². The van der Waals surface area contributed by atoms with Crippen LogP contribution in [0.5, 0.6) is 5.88 Å². The minimum Gasteiger partial charge on any atom is -0.469 e. The van der Waals surface area contributed by atoms with Crippen molar-refractivity contribution in [1.29, 1.82) is 0 Å². The van der Waals surface area contributed by atoms with Crippen molar-refractivity contribution in [3.8, 4) is 5.88 Å². The molecule has 0 aliphatic carbocycles. The van der Waals surface area contributed by atoms with Crippen LogP contribution in [0.1, 0.15) is 0 Å². The Hall–Kier alpha value is -0.0800. The Labute approximate surface area is 99.9 Å². The van der Waals surface area contributed by atoms with Crippen LogP contribution in [-0.4, -0.2) is 35.5 Å². The second kappa shape index (κ2) is 4.63. The van der Waals surface area contributed by atoms with E-state index in [2.05, 4.69) is 32.6 Å². The summed E-state index contributed by atoms with van der Waals surface area (Å²) in [5.41, 5.74) is 0. The van der Waals surface area contributed by atoms with Crippen LogP contribution in [-0.2, 0) is 4.74 Å². The molecule has 0 unspecified atom stereocenters. The van der Waals surface area contributed by atoms with Crippen molar-refractivity contribution < 1.29 is 9.47 Å². The first-order chi connectivity index (χ1) is 6.79. The number of hydrogen-bond acceptors (Lipinski definition) is 5. The summed E-state index contributed by atoms with van der Waals surface area (Å²) in [6.45, 7) is 1.32. The number of ether oxygens (including phenoxy) is 2. The van der Waals surface area contributed by atoms with E-state index in [0.29, 0.717) is 19.1 Å². The van der Waals surface area contributed by atoms with E-state index in [9.17, 15) is 0 Å². The Kier molecular flexibility index (Phi) is 3.45. The molecule has 0 spiro atoms. The minimum absolute atomic E-state index is 0.160. The summed E-state index contributed by atoms with van der Waals surface area (Å²) in [5, 5.41) is 0.737. The van der Waals surface area contributed by atoms with Gasteiger partial charge in [0.25, 0.3) is 0 Å². The van der Waals surface area contributed by atoms with Crippen LogP contribution in [0.3, 0.4) is 0 Å². The normalized spacial score (nSPS) is 16.4. The zero-order valence-electron chi connectivity index (χ0n) is 7.57. The van der Waals surface area contributed by atoms with Gasteiger partial charge in [-0.25, -0.2) is 4.98 Å². The molecule has 0 atom stereocenters. The van der Waals surface area contributed by atoms with Crippen LogP contribution in [0.15, 0.2) is 11.4 Å². The van der Waals surface area contributed by atoms with Gasteiger partial charge in [0, 0.05) is 6.20 Å². The second-order valence-electron chi connectivity index (χ2n) is 2.79. The van der Waals surface area contributed by atoms with Gasteiger partial charge in [-0.05, 0) is 28.8 Å². The van der Waals surface area contributed by atoms with Crippen LogP contribution >= 0.6 is 34.4 Å². The lowest BCUT2D eigenvalue weighted by molar-refractivity contribution is -0.0819. The monoisotopic (exact) mass is 324 g/mol. The quantitative estimate of drug-likeness (QED) is 0.480. The lowest BCUT2D eigenvalue weighted by Gasteiger charge is -2.26. The molecule has 0 N–H and O–H groups in total. The highest BCUT2D eigenvalue weighted by molar-refractivity contribution is 14.1. The smallest absolute Gasteiger partial charge is 0.231 e.